The van der Waals surface area contributed by atoms with Crippen LogP contribution in [0.4, 0.5) is 4.39 Å². The van der Waals surface area contributed by atoms with Crippen LogP contribution in [-0.2, 0) is 0 Å². The van der Waals surface area contributed by atoms with Gasteiger partial charge in [0.2, 0.25) is 0 Å². The lowest BCUT2D eigenvalue weighted by Gasteiger charge is -2.05. The summed E-state index contributed by atoms with van der Waals surface area (Å²) in [7, 11) is 0. The molecule has 0 saturated heterocycles. The fraction of sp³-hybridized carbons (Fsp3) is 0. The maximum absolute atomic E-state index is 13.8. The Kier molecular flexibility index (Phi) is 3.53. The lowest BCUT2D eigenvalue weighted by Crippen LogP contribution is -1.97. The number of carbonyl (C=O) groups is 1. The van der Waals surface area contributed by atoms with Crippen molar-refractivity contribution in [2.75, 3.05) is 0 Å². The van der Waals surface area contributed by atoms with E-state index in [1.54, 1.807) is 6.20 Å². The average Bonchev–Trinajstić information content (AvgIpc) is 2.49. The fourth-order valence-corrected chi connectivity index (χ4v) is 2.64. The topological polar surface area (TPSA) is 63.1 Å². The number of carboxylic acid groups (broad SMARTS) is 1. The molecule has 1 N–H and O–H groups in total. The molecule has 0 saturated carbocycles. The molecular weight excluding hydrogens is 291 g/mol. The second-order valence-corrected chi connectivity index (χ2v) is 5.31. The summed E-state index contributed by atoms with van der Waals surface area (Å²) < 4.78 is 13.8. The molecule has 104 valence electrons. The van der Waals surface area contributed by atoms with Crippen LogP contribution in [0.1, 0.15) is 10.4 Å². The molecule has 1 aromatic heterocycles. The van der Waals surface area contributed by atoms with Crippen molar-refractivity contribution in [2.24, 2.45) is 0 Å². The molecule has 0 unspecified atom stereocenters. The molecule has 6 heteroatoms. The highest BCUT2D eigenvalue weighted by Gasteiger charge is 2.11. The van der Waals surface area contributed by atoms with Gasteiger partial charge in [-0.3, -0.25) is 4.98 Å². The fourth-order valence-electron chi connectivity index (χ4n) is 1.82. The minimum Gasteiger partial charge on any atom is -0.478 e. The number of benzene rings is 2. The van der Waals surface area contributed by atoms with Crippen molar-refractivity contribution >= 4 is 28.8 Å². The molecule has 0 radical (unpaired) electrons. The molecule has 21 heavy (non-hydrogen) atoms. The molecule has 0 amide bonds. The van der Waals surface area contributed by atoms with Gasteiger partial charge in [0.1, 0.15) is 10.8 Å². The Morgan fingerprint density at radius 3 is 2.67 bits per heavy atom. The number of para-hydroxylation sites is 2. The summed E-state index contributed by atoms with van der Waals surface area (Å²) in [5.41, 5.74) is 1.49. The number of hydrogen-bond acceptors (Lipinski definition) is 4. The largest absolute Gasteiger partial charge is 0.478 e. The molecule has 4 nitrogen and oxygen atoms in total. The molecule has 0 aliphatic carbocycles. The Morgan fingerprint density at radius 1 is 1.14 bits per heavy atom. The Balaban J connectivity index is 1.98. The number of aromatic carboxylic acids is 1. The molecule has 0 bridgehead atoms. The summed E-state index contributed by atoms with van der Waals surface area (Å²) in [6.45, 7) is 0. The van der Waals surface area contributed by atoms with E-state index >= 15 is 0 Å². The summed E-state index contributed by atoms with van der Waals surface area (Å²) in [4.78, 5) is 19.8. The van der Waals surface area contributed by atoms with Crippen LogP contribution in [0.2, 0.25) is 0 Å². The number of halogens is 1. The monoisotopic (exact) mass is 300 g/mol. The highest BCUT2D eigenvalue weighted by atomic mass is 32.2. The van der Waals surface area contributed by atoms with Crippen molar-refractivity contribution in [3.63, 3.8) is 0 Å². The number of hydrogen-bond donors (Lipinski definition) is 1. The molecule has 0 atom stereocenters. The van der Waals surface area contributed by atoms with E-state index in [-0.39, 0.29) is 10.5 Å². The van der Waals surface area contributed by atoms with E-state index in [4.69, 9.17) is 5.11 Å². The van der Waals surface area contributed by atoms with Gasteiger partial charge in [-0.15, -0.1) is 0 Å². The van der Waals surface area contributed by atoms with E-state index in [1.807, 2.05) is 24.3 Å². The van der Waals surface area contributed by atoms with Gasteiger partial charge < -0.3 is 5.11 Å². The molecule has 3 aromatic rings. The number of rotatable bonds is 3. The molecule has 1 heterocycles. The van der Waals surface area contributed by atoms with Gasteiger partial charge >= 0.3 is 5.97 Å². The van der Waals surface area contributed by atoms with Crippen molar-refractivity contribution in [3.05, 3.63) is 60.0 Å². The highest BCUT2D eigenvalue weighted by Crippen LogP contribution is 2.29. The summed E-state index contributed by atoms with van der Waals surface area (Å²) in [6.07, 6.45) is 1.54. The number of carboxylic acids is 1. The van der Waals surface area contributed by atoms with E-state index in [9.17, 15) is 9.18 Å². The summed E-state index contributed by atoms with van der Waals surface area (Å²) in [5, 5.41) is 9.46. The zero-order valence-electron chi connectivity index (χ0n) is 10.7. The van der Waals surface area contributed by atoms with E-state index < -0.39 is 11.8 Å². The first kappa shape index (κ1) is 13.5. The Bertz CT molecular complexity index is 839. The first-order chi connectivity index (χ1) is 10.1. The Hall–Kier alpha value is -2.47. The standard InChI is InChI=1S/C15H9FN2O2S/c16-10-6-5-9(15(19)20)7-13(10)21-14-8-17-11-3-1-2-4-12(11)18-14/h1-8H,(H,19,20). The third-order valence-electron chi connectivity index (χ3n) is 2.82. The van der Waals surface area contributed by atoms with Gasteiger partial charge in [-0.05, 0) is 30.3 Å². The third-order valence-corrected chi connectivity index (χ3v) is 3.76. The van der Waals surface area contributed by atoms with Crippen LogP contribution < -0.4 is 0 Å². The van der Waals surface area contributed by atoms with Gasteiger partial charge in [-0.2, -0.15) is 0 Å². The second-order valence-electron chi connectivity index (χ2n) is 4.25. The van der Waals surface area contributed by atoms with E-state index in [2.05, 4.69) is 9.97 Å². The molecule has 0 aliphatic heterocycles. The van der Waals surface area contributed by atoms with Crippen LogP contribution in [0.15, 0.2) is 58.6 Å². The van der Waals surface area contributed by atoms with Crippen molar-refractivity contribution in [1.29, 1.82) is 0 Å². The number of fused-ring (bicyclic) bond motifs is 1. The van der Waals surface area contributed by atoms with Crippen molar-refractivity contribution in [3.8, 4) is 0 Å². The SMILES string of the molecule is O=C(O)c1ccc(F)c(Sc2cnc3ccccc3n2)c1. The molecule has 0 spiro atoms. The van der Waals surface area contributed by atoms with Gasteiger partial charge in [0.25, 0.3) is 0 Å². The van der Waals surface area contributed by atoms with Gasteiger partial charge in [-0.1, -0.05) is 23.9 Å². The number of nitrogens with zero attached hydrogens (tertiary/aromatic N) is 2. The smallest absolute Gasteiger partial charge is 0.335 e. The van der Waals surface area contributed by atoms with Gasteiger partial charge in [0, 0.05) is 0 Å². The van der Waals surface area contributed by atoms with Crippen LogP contribution >= 0.6 is 11.8 Å². The van der Waals surface area contributed by atoms with Crippen molar-refractivity contribution < 1.29 is 14.3 Å². The lowest BCUT2D eigenvalue weighted by atomic mass is 10.2. The molecule has 0 fully saturated rings. The van der Waals surface area contributed by atoms with E-state index in [0.717, 1.165) is 23.3 Å². The lowest BCUT2D eigenvalue weighted by molar-refractivity contribution is 0.0696. The zero-order valence-corrected chi connectivity index (χ0v) is 11.5. The van der Waals surface area contributed by atoms with E-state index in [1.165, 1.54) is 12.1 Å². The maximum atomic E-state index is 13.8. The molecule has 3 rings (SSSR count). The van der Waals surface area contributed by atoms with Gasteiger partial charge in [-0.25, -0.2) is 14.2 Å². The van der Waals surface area contributed by atoms with Gasteiger partial charge in [0.15, 0.2) is 0 Å². The molecular formula is C15H9FN2O2S. The highest BCUT2D eigenvalue weighted by molar-refractivity contribution is 7.99. The molecule has 0 aliphatic rings. The summed E-state index contributed by atoms with van der Waals surface area (Å²) in [6, 6.07) is 11.0. The van der Waals surface area contributed by atoms with Crippen LogP contribution in [0, 0.1) is 5.82 Å². The molecule has 2 aromatic carbocycles. The number of aromatic nitrogens is 2. The van der Waals surface area contributed by atoms with Gasteiger partial charge in [0.05, 0.1) is 27.7 Å². The van der Waals surface area contributed by atoms with Crippen LogP contribution in [0.25, 0.3) is 11.0 Å². The quantitative estimate of drug-likeness (QED) is 0.800. The minimum atomic E-state index is -1.10. The Labute approximate surface area is 123 Å². The maximum Gasteiger partial charge on any atom is 0.335 e. The Morgan fingerprint density at radius 2 is 1.90 bits per heavy atom. The predicted molar refractivity (Wildman–Crippen MR) is 77.0 cm³/mol. The summed E-state index contributed by atoms with van der Waals surface area (Å²) >= 11 is 1.05. The predicted octanol–water partition coefficient (Wildman–Crippen LogP) is 3.62. The zero-order chi connectivity index (χ0) is 14.8. The minimum absolute atomic E-state index is 0.0349. The van der Waals surface area contributed by atoms with Crippen LogP contribution in [0.3, 0.4) is 0 Å². The van der Waals surface area contributed by atoms with Crippen LogP contribution in [-0.4, -0.2) is 21.0 Å². The van der Waals surface area contributed by atoms with E-state index in [0.29, 0.717) is 10.5 Å². The first-order valence-corrected chi connectivity index (χ1v) is 6.87. The average molecular weight is 300 g/mol. The van der Waals surface area contributed by atoms with Crippen LogP contribution in [0.5, 0.6) is 0 Å². The first-order valence-electron chi connectivity index (χ1n) is 6.06. The second kappa shape index (κ2) is 5.49. The third kappa shape index (κ3) is 2.85. The normalized spacial score (nSPS) is 10.7. The van der Waals surface area contributed by atoms with Crippen molar-refractivity contribution in [2.45, 2.75) is 9.92 Å². The summed E-state index contributed by atoms with van der Waals surface area (Å²) in [5.74, 6) is -1.58. The van der Waals surface area contributed by atoms with Crippen molar-refractivity contribution in [1.82, 2.24) is 9.97 Å².